The Kier molecular flexibility index (Phi) is 2.94. The number of nitrogens with zero attached hydrogens (tertiary/aromatic N) is 3. The van der Waals surface area contributed by atoms with Crippen molar-refractivity contribution in [1.29, 1.82) is 0 Å². The molecule has 2 heterocycles. The number of fused-ring (bicyclic) bond motifs is 1. The minimum Gasteiger partial charge on any atom is -0.342 e. The zero-order chi connectivity index (χ0) is 14.1. The summed E-state index contributed by atoms with van der Waals surface area (Å²) in [5.41, 5.74) is 1.76. The Hall–Kier alpha value is -2.70. The third-order valence-corrected chi connectivity index (χ3v) is 3.07. The highest BCUT2D eigenvalue weighted by molar-refractivity contribution is 6.01. The normalized spacial score (nSPS) is 17.2. The standard InChI is InChI=1S/C13H13N5O2/c1-8-3-2-4-9(5-8)16-12(20)10-6-11(19)18-13(17-10)14-7-15-18/h2-5,7,10H,6H2,1H3,(H,16,20)(H,14,15,17)/t10-/m0/s1. The molecule has 0 bridgehead atoms. The highest BCUT2D eigenvalue weighted by Crippen LogP contribution is 2.16. The molecule has 1 atom stereocenters. The lowest BCUT2D eigenvalue weighted by molar-refractivity contribution is -0.117. The van der Waals surface area contributed by atoms with Gasteiger partial charge < -0.3 is 10.6 Å². The topological polar surface area (TPSA) is 88.9 Å². The van der Waals surface area contributed by atoms with E-state index in [0.29, 0.717) is 11.6 Å². The van der Waals surface area contributed by atoms with Crippen molar-refractivity contribution in [3.63, 3.8) is 0 Å². The first-order chi connectivity index (χ1) is 9.63. The largest absolute Gasteiger partial charge is 0.342 e. The average Bonchev–Trinajstić information content (AvgIpc) is 2.87. The van der Waals surface area contributed by atoms with Gasteiger partial charge in [-0.05, 0) is 24.6 Å². The quantitative estimate of drug-likeness (QED) is 0.852. The Bertz CT molecular complexity index is 679. The fraction of sp³-hybridized carbons (Fsp3) is 0.231. The minimum absolute atomic E-state index is 0.0496. The third kappa shape index (κ3) is 2.25. The van der Waals surface area contributed by atoms with Crippen molar-refractivity contribution in [1.82, 2.24) is 14.8 Å². The number of hydrogen-bond acceptors (Lipinski definition) is 5. The van der Waals surface area contributed by atoms with Gasteiger partial charge in [0, 0.05) is 5.69 Å². The van der Waals surface area contributed by atoms with E-state index in [4.69, 9.17) is 0 Å². The number of aromatic nitrogens is 3. The molecule has 1 aromatic heterocycles. The van der Waals surface area contributed by atoms with Crippen LogP contribution in [0.15, 0.2) is 30.6 Å². The van der Waals surface area contributed by atoms with Crippen LogP contribution in [0.3, 0.4) is 0 Å². The molecule has 20 heavy (non-hydrogen) atoms. The molecule has 102 valence electrons. The van der Waals surface area contributed by atoms with Crippen LogP contribution in [0.5, 0.6) is 0 Å². The van der Waals surface area contributed by atoms with Crippen molar-refractivity contribution < 1.29 is 9.59 Å². The molecule has 2 N–H and O–H groups in total. The molecule has 0 radical (unpaired) electrons. The summed E-state index contributed by atoms with van der Waals surface area (Å²) in [7, 11) is 0. The molecule has 7 nitrogen and oxygen atoms in total. The number of aryl methyl sites for hydroxylation is 1. The van der Waals surface area contributed by atoms with E-state index >= 15 is 0 Å². The maximum Gasteiger partial charge on any atom is 0.252 e. The smallest absolute Gasteiger partial charge is 0.252 e. The Morgan fingerprint density at radius 1 is 1.50 bits per heavy atom. The van der Waals surface area contributed by atoms with Gasteiger partial charge in [0.05, 0.1) is 6.42 Å². The number of hydrogen-bond donors (Lipinski definition) is 2. The van der Waals surface area contributed by atoms with E-state index in [1.165, 1.54) is 6.33 Å². The summed E-state index contributed by atoms with van der Waals surface area (Å²) in [5.74, 6) is -0.218. The lowest BCUT2D eigenvalue weighted by Gasteiger charge is -2.22. The molecular weight excluding hydrogens is 258 g/mol. The number of carbonyl (C=O) groups excluding carboxylic acids is 2. The van der Waals surface area contributed by atoms with Crippen molar-refractivity contribution in [2.75, 3.05) is 10.6 Å². The van der Waals surface area contributed by atoms with Gasteiger partial charge >= 0.3 is 0 Å². The first-order valence-electron chi connectivity index (χ1n) is 6.21. The molecule has 1 aliphatic heterocycles. The van der Waals surface area contributed by atoms with Crippen LogP contribution in [0, 0.1) is 6.92 Å². The molecule has 2 aromatic rings. The molecule has 0 unspecified atom stereocenters. The predicted octanol–water partition coefficient (Wildman–Crippen LogP) is 1.05. The summed E-state index contributed by atoms with van der Waals surface area (Å²) < 4.78 is 1.16. The molecule has 1 aliphatic rings. The number of anilines is 2. The molecule has 3 rings (SSSR count). The zero-order valence-corrected chi connectivity index (χ0v) is 10.8. The van der Waals surface area contributed by atoms with Crippen LogP contribution in [-0.4, -0.2) is 32.6 Å². The van der Waals surface area contributed by atoms with Gasteiger partial charge in [0.2, 0.25) is 11.9 Å². The number of nitrogens with one attached hydrogen (secondary N) is 2. The van der Waals surface area contributed by atoms with E-state index in [9.17, 15) is 9.59 Å². The fourth-order valence-electron chi connectivity index (χ4n) is 2.10. The zero-order valence-electron chi connectivity index (χ0n) is 10.8. The van der Waals surface area contributed by atoms with Gasteiger partial charge in [0.1, 0.15) is 12.4 Å². The van der Waals surface area contributed by atoms with Crippen LogP contribution >= 0.6 is 0 Å². The van der Waals surface area contributed by atoms with Gasteiger partial charge in [-0.1, -0.05) is 12.1 Å². The van der Waals surface area contributed by atoms with Crippen LogP contribution in [0.2, 0.25) is 0 Å². The summed E-state index contributed by atoms with van der Waals surface area (Å²) in [6.45, 7) is 1.94. The second-order valence-electron chi connectivity index (χ2n) is 4.65. The molecule has 0 fully saturated rings. The molecular formula is C13H13N5O2. The molecule has 0 saturated heterocycles. The van der Waals surface area contributed by atoms with Crippen LogP contribution in [0.25, 0.3) is 0 Å². The van der Waals surface area contributed by atoms with Gasteiger partial charge in [-0.2, -0.15) is 14.8 Å². The van der Waals surface area contributed by atoms with Crippen LogP contribution in [0.1, 0.15) is 16.8 Å². The summed E-state index contributed by atoms with van der Waals surface area (Å²) in [6.07, 6.45) is 1.33. The van der Waals surface area contributed by atoms with Gasteiger partial charge in [0.25, 0.3) is 5.91 Å². The number of amides is 1. The highest BCUT2D eigenvalue weighted by Gasteiger charge is 2.30. The van der Waals surface area contributed by atoms with Crippen LogP contribution < -0.4 is 10.6 Å². The van der Waals surface area contributed by atoms with Crippen LogP contribution in [-0.2, 0) is 4.79 Å². The van der Waals surface area contributed by atoms with E-state index < -0.39 is 6.04 Å². The summed E-state index contributed by atoms with van der Waals surface area (Å²) in [4.78, 5) is 27.9. The molecule has 0 saturated carbocycles. The minimum atomic E-state index is -0.639. The third-order valence-electron chi connectivity index (χ3n) is 3.07. The Labute approximate surface area is 115 Å². The number of carbonyl (C=O) groups is 2. The fourth-order valence-corrected chi connectivity index (χ4v) is 2.10. The Balaban J connectivity index is 1.74. The van der Waals surface area contributed by atoms with Crippen LogP contribution in [0.4, 0.5) is 11.6 Å². The van der Waals surface area contributed by atoms with E-state index in [1.807, 2.05) is 25.1 Å². The maximum atomic E-state index is 12.2. The van der Waals surface area contributed by atoms with Gasteiger partial charge in [-0.15, -0.1) is 0 Å². The molecule has 7 heteroatoms. The van der Waals surface area contributed by atoms with E-state index in [-0.39, 0.29) is 18.2 Å². The molecule has 0 spiro atoms. The first kappa shape index (κ1) is 12.3. The first-order valence-corrected chi connectivity index (χ1v) is 6.21. The predicted molar refractivity (Wildman–Crippen MR) is 72.5 cm³/mol. The Morgan fingerprint density at radius 2 is 2.35 bits per heavy atom. The second-order valence-corrected chi connectivity index (χ2v) is 4.65. The monoisotopic (exact) mass is 271 g/mol. The average molecular weight is 271 g/mol. The maximum absolute atomic E-state index is 12.2. The van der Waals surface area contributed by atoms with Crippen molar-refractivity contribution >= 4 is 23.5 Å². The van der Waals surface area contributed by atoms with Crippen molar-refractivity contribution in [2.45, 2.75) is 19.4 Å². The highest BCUT2D eigenvalue weighted by atomic mass is 16.2. The van der Waals surface area contributed by atoms with Gasteiger partial charge in [-0.3, -0.25) is 9.59 Å². The van der Waals surface area contributed by atoms with Gasteiger partial charge in [-0.25, -0.2) is 0 Å². The van der Waals surface area contributed by atoms with Gasteiger partial charge in [0.15, 0.2) is 0 Å². The second kappa shape index (κ2) is 4.76. The SMILES string of the molecule is Cc1cccc(NC(=O)[C@@H]2CC(=O)n3ncnc3N2)c1. The van der Waals surface area contributed by atoms with E-state index in [1.54, 1.807) is 6.07 Å². The van der Waals surface area contributed by atoms with Crippen molar-refractivity contribution in [2.24, 2.45) is 0 Å². The van der Waals surface area contributed by atoms with E-state index in [0.717, 1.165) is 10.2 Å². The summed E-state index contributed by atoms with van der Waals surface area (Å²) in [6, 6.07) is 6.84. The number of rotatable bonds is 2. The summed E-state index contributed by atoms with van der Waals surface area (Å²) in [5, 5.41) is 9.47. The molecule has 1 aromatic carbocycles. The molecule has 0 aliphatic carbocycles. The number of benzene rings is 1. The lowest BCUT2D eigenvalue weighted by atomic mass is 10.1. The molecule has 1 amide bonds. The van der Waals surface area contributed by atoms with Crippen molar-refractivity contribution in [3.05, 3.63) is 36.2 Å². The van der Waals surface area contributed by atoms with Crippen molar-refractivity contribution in [3.8, 4) is 0 Å². The lowest BCUT2D eigenvalue weighted by Crippen LogP contribution is -2.42. The summed E-state index contributed by atoms with van der Waals surface area (Å²) >= 11 is 0. The van der Waals surface area contributed by atoms with E-state index in [2.05, 4.69) is 20.7 Å². The Morgan fingerprint density at radius 3 is 3.15 bits per heavy atom.